The second-order valence-electron chi connectivity index (χ2n) is 4.53. The van der Waals surface area contributed by atoms with E-state index in [0.29, 0.717) is 31.9 Å². The van der Waals surface area contributed by atoms with Crippen LogP contribution in [0.3, 0.4) is 0 Å². The zero-order valence-corrected chi connectivity index (χ0v) is 10.3. The number of aromatic nitrogens is 1. The molecule has 1 aromatic rings. The largest absolute Gasteiger partial charge is 0.394 e. The van der Waals surface area contributed by atoms with Gasteiger partial charge in [-0.3, -0.25) is 10.1 Å². The molecular weight excluding hydrogens is 252 g/mol. The molecule has 1 fully saturated rings. The molecule has 0 amide bonds. The fraction of sp³-hybridized carbons (Fsp3) is 0.545. The zero-order chi connectivity index (χ0) is 13.9. The van der Waals surface area contributed by atoms with E-state index in [9.17, 15) is 15.2 Å². The fourth-order valence-electron chi connectivity index (χ4n) is 2.05. The van der Waals surface area contributed by atoms with Crippen LogP contribution in [0.15, 0.2) is 12.1 Å². The summed E-state index contributed by atoms with van der Waals surface area (Å²) < 4.78 is 5.25. The minimum Gasteiger partial charge on any atom is -0.394 e. The standard InChI is InChI=1S/C11H16N4O4/c12-10-8(15(17)18)1-2-9(13-10)14-11(7-16)3-5-19-6-4-11/h1-2,16H,3-7H2,(H3,12,13,14). The summed E-state index contributed by atoms with van der Waals surface area (Å²) in [5, 5.41) is 23.3. The molecule has 104 valence electrons. The van der Waals surface area contributed by atoms with Crippen molar-refractivity contribution < 1.29 is 14.8 Å². The SMILES string of the molecule is Nc1nc(NC2(CO)CCOCC2)ccc1[N+](=O)[O-]. The molecule has 0 radical (unpaired) electrons. The number of nitrogen functional groups attached to an aromatic ring is 1. The summed E-state index contributed by atoms with van der Waals surface area (Å²) in [5.74, 6) is 0.272. The zero-order valence-electron chi connectivity index (χ0n) is 10.3. The van der Waals surface area contributed by atoms with Crippen LogP contribution in [-0.2, 0) is 4.74 Å². The normalized spacial score (nSPS) is 17.9. The Kier molecular flexibility index (Phi) is 3.82. The van der Waals surface area contributed by atoms with E-state index < -0.39 is 10.5 Å². The number of hydrogen-bond donors (Lipinski definition) is 3. The molecule has 0 aromatic carbocycles. The predicted molar refractivity (Wildman–Crippen MR) is 68.8 cm³/mol. The van der Waals surface area contributed by atoms with Gasteiger partial charge in [0.2, 0.25) is 5.82 Å². The van der Waals surface area contributed by atoms with Crippen LogP contribution in [0.2, 0.25) is 0 Å². The molecule has 8 nitrogen and oxygen atoms in total. The van der Waals surface area contributed by atoms with Gasteiger partial charge in [-0.25, -0.2) is 4.98 Å². The molecule has 0 unspecified atom stereocenters. The topological polar surface area (TPSA) is 124 Å². The molecule has 4 N–H and O–H groups in total. The van der Waals surface area contributed by atoms with Gasteiger partial charge in [0.15, 0.2) is 0 Å². The summed E-state index contributed by atoms with van der Waals surface area (Å²) in [6.07, 6.45) is 1.28. The molecule has 1 aliphatic rings. The number of aliphatic hydroxyl groups is 1. The molecule has 1 aromatic heterocycles. The van der Waals surface area contributed by atoms with Crippen LogP contribution in [0.5, 0.6) is 0 Å². The Labute approximate surface area is 109 Å². The number of ether oxygens (including phenoxy) is 1. The molecule has 2 heterocycles. The van der Waals surface area contributed by atoms with Crippen molar-refractivity contribution in [3.8, 4) is 0 Å². The molecule has 0 spiro atoms. The van der Waals surface area contributed by atoms with Gasteiger partial charge in [-0.2, -0.15) is 0 Å². The van der Waals surface area contributed by atoms with Gasteiger partial charge in [-0.1, -0.05) is 0 Å². The van der Waals surface area contributed by atoms with E-state index in [4.69, 9.17) is 10.5 Å². The monoisotopic (exact) mass is 268 g/mol. The molecule has 0 aliphatic carbocycles. The Hall–Kier alpha value is -1.93. The van der Waals surface area contributed by atoms with Crippen molar-refractivity contribution in [2.75, 3.05) is 30.9 Å². The van der Waals surface area contributed by atoms with Crippen molar-refractivity contribution >= 4 is 17.3 Å². The average Bonchev–Trinajstić information content (AvgIpc) is 2.39. The van der Waals surface area contributed by atoms with Gasteiger partial charge in [0.25, 0.3) is 0 Å². The first-order valence-corrected chi connectivity index (χ1v) is 5.94. The Bertz CT molecular complexity index is 474. The maximum absolute atomic E-state index is 10.7. The Morgan fingerprint density at radius 2 is 2.21 bits per heavy atom. The molecule has 0 saturated carbocycles. The van der Waals surface area contributed by atoms with Crippen molar-refractivity contribution in [2.45, 2.75) is 18.4 Å². The predicted octanol–water partition coefficient (Wildman–Crippen LogP) is 0.525. The highest BCUT2D eigenvalue weighted by Gasteiger charge is 2.32. The second-order valence-corrected chi connectivity index (χ2v) is 4.53. The number of aliphatic hydroxyl groups excluding tert-OH is 1. The van der Waals surface area contributed by atoms with E-state index >= 15 is 0 Å². The summed E-state index contributed by atoms with van der Waals surface area (Å²) in [5.41, 5.74) is 4.80. The molecule has 19 heavy (non-hydrogen) atoms. The molecule has 8 heteroatoms. The third kappa shape index (κ3) is 2.91. The van der Waals surface area contributed by atoms with E-state index in [1.807, 2.05) is 0 Å². The van der Waals surface area contributed by atoms with Gasteiger partial charge >= 0.3 is 5.69 Å². The highest BCUT2D eigenvalue weighted by atomic mass is 16.6. The minimum atomic E-state index is -0.581. The van der Waals surface area contributed by atoms with Crippen LogP contribution in [0.1, 0.15) is 12.8 Å². The van der Waals surface area contributed by atoms with Gasteiger partial charge in [0.1, 0.15) is 5.82 Å². The summed E-state index contributed by atoms with van der Waals surface area (Å²) >= 11 is 0. The highest BCUT2D eigenvalue weighted by molar-refractivity contribution is 5.57. The summed E-state index contributed by atoms with van der Waals surface area (Å²) in [4.78, 5) is 14.0. The molecule has 2 rings (SSSR count). The maximum atomic E-state index is 10.7. The lowest BCUT2D eigenvalue weighted by Crippen LogP contribution is -2.47. The van der Waals surface area contributed by atoms with Gasteiger partial charge in [-0.15, -0.1) is 0 Å². The van der Waals surface area contributed by atoms with Gasteiger partial charge in [0, 0.05) is 19.3 Å². The Morgan fingerprint density at radius 1 is 1.53 bits per heavy atom. The fourth-order valence-corrected chi connectivity index (χ4v) is 2.05. The highest BCUT2D eigenvalue weighted by Crippen LogP contribution is 2.27. The van der Waals surface area contributed by atoms with E-state index in [0.717, 1.165) is 0 Å². The lowest BCUT2D eigenvalue weighted by molar-refractivity contribution is -0.384. The van der Waals surface area contributed by atoms with Crippen LogP contribution in [0.4, 0.5) is 17.3 Å². The van der Waals surface area contributed by atoms with Gasteiger partial charge in [-0.05, 0) is 18.9 Å². The first-order valence-electron chi connectivity index (χ1n) is 5.94. The van der Waals surface area contributed by atoms with Crippen LogP contribution in [0.25, 0.3) is 0 Å². The van der Waals surface area contributed by atoms with Crippen LogP contribution >= 0.6 is 0 Å². The van der Waals surface area contributed by atoms with Crippen molar-refractivity contribution in [1.29, 1.82) is 0 Å². The lowest BCUT2D eigenvalue weighted by Gasteiger charge is -2.36. The van der Waals surface area contributed by atoms with Crippen LogP contribution in [0, 0.1) is 10.1 Å². The summed E-state index contributed by atoms with van der Waals surface area (Å²) in [6.45, 7) is 1.04. The van der Waals surface area contributed by atoms with Crippen LogP contribution in [-0.4, -0.2) is 40.4 Å². The van der Waals surface area contributed by atoms with Crippen molar-refractivity contribution in [1.82, 2.24) is 4.98 Å². The summed E-state index contributed by atoms with van der Waals surface area (Å²) in [7, 11) is 0. The number of nitro groups is 1. The van der Waals surface area contributed by atoms with Crippen molar-refractivity contribution in [2.24, 2.45) is 0 Å². The first-order chi connectivity index (χ1) is 9.06. The van der Waals surface area contributed by atoms with E-state index in [2.05, 4.69) is 10.3 Å². The third-order valence-corrected chi connectivity index (χ3v) is 3.24. The first kappa shape index (κ1) is 13.5. The van der Waals surface area contributed by atoms with Crippen molar-refractivity contribution in [3.63, 3.8) is 0 Å². The van der Waals surface area contributed by atoms with Gasteiger partial charge < -0.3 is 20.9 Å². The molecule has 1 saturated heterocycles. The number of hydrogen-bond acceptors (Lipinski definition) is 7. The summed E-state index contributed by atoms with van der Waals surface area (Å²) in [6, 6.07) is 2.79. The number of nitrogens with one attached hydrogen (secondary N) is 1. The second kappa shape index (κ2) is 5.37. The number of rotatable bonds is 4. The Balaban J connectivity index is 2.18. The van der Waals surface area contributed by atoms with E-state index in [1.165, 1.54) is 12.1 Å². The molecular formula is C11H16N4O4. The molecule has 1 aliphatic heterocycles. The lowest BCUT2D eigenvalue weighted by atomic mass is 9.91. The maximum Gasteiger partial charge on any atom is 0.311 e. The minimum absolute atomic E-state index is 0.0606. The number of nitrogens with two attached hydrogens (primary N) is 1. The smallest absolute Gasteiger partial charge is 0.311 e. The van der Waals surface area contributed by atoms with Crippen LogP contribution < -0.4 is 11.1 Å². The average molecular weight is 268 g/mol. The van der Waals surface area contributed by atoms with Gasteiger partial charge in [0.05, 0.1) is 17.1 Å². The van der Waals surface area contributed by atoms with E-state index in [1.54, 1.807) is 0 Å². The van der Waals surface area contributed by atoms with E-state index in [-0.39, 0.29) is 18.1 Å². The number of pyridine rings is 1. The third-order valence-electron chi connectivity index (χ3n) is 3.24. The van der Waals surface area contributed by atoms with Crippen molar-refractivity contribution in [3.05, 3.63) is 22.2 Å². The molecule has 0 bridgehead atoms. The number of anilines is 2. The molecule has 0 atom stereocenters. The Morgan fingerprint density at radius 3 is 2.74 bits per heavy atom. The number of nitrogens with zero attached hydrogens (tertiary/aromatic N) is 2. The quantitative estimate of drug-likeness (QED) is 0.537.